The van der Waals surface area contributed by atoms with Crippen molar-refractivity contribution < 1.29 is 28.2 Å². The maximum Gasteiger partial charge on any atom is 0.335 e. The van der Waals surface area contributed by atoms with E-state index in [1.807, 2.05) is 0 Å². The number of barbiturate groups is 1. The van der Waals surface area contributed by atoms with E-state index in [1.165, 1.54) is 51.0 Å². The van der Waals surface area contributed by atoms with E-state index in [9.17, 15) is 18.8 Å². The molecule has 186 valence electrons. The predicted octanol–water partition coefficient (Wildman–Crippen LogP) is 6.00. The van der Waals surface area contributed by atoms with Crippen molar-refractivity contribution in [1.29, 1.82) is 0 Å². The van der Waals surface area contributed by atoms with Crippen molar-refractivity contribution in [3.63, 3.8) is 0 Å². The molecule has 0 bridgehead atoms. The molecule has 35 heavy (non-hydrogen) atoms. The number of unbranched alkanes of at least 4 members (excludes halogenated alkanes) is 5. The van der Waals surface area contributed by atoms with Gasteiger partial charge in [-0.3, -0.25) is 14.9 Å². The molecule has 9 heteroatoms. The van der Waals surface area contributed by atoms with E-state index in [0.717, 1.165) is 29.9 Å². The Balaban J connectivity index is 1.78. The third kappa shape index (κ3) is 6.69. The van der Waals surface area contributed by atoms with Crippen molar-refractivity contribution in [2.45, 2.75) is 45.4 Å². The van der Waals surface area contributed by atoms with Crippen molar-refractivity contribution in [3.8, 4) is 11.5 Å². The van der Waals surface area contributed by atoms with Crippen LogP contribution in [0.15, 0.2) is 46.4 Å². The highest BCUT2D eigenvalue weighted by Gasteiger charge is 2.36. The Morgan fingerprint density at radius 1 is 1.03 bits per heavy atom. The molecule has 0 atom stereocenters. The van der Waals surface area contributed by atoms with Crippen LogP contribution in [0.1, 0.15) is 51.0 Å². The second kappa shape index (κ2) is 12.5. The first-order valence-electron chi connectivity index (χ1n) is 11.5. The first kappa shape index (κ1) is 26.4. The number of nitrogens with zero attached hydrogens (tertiary/aromatic N) is 1. The molecular weight excluding hydrogens is 519 g/mol. The number of urea groups is 1. The number of imide groups is 2. The number of rotatable bonds is 11. The molecule has 0 radical (unpaired) electrons. The predicted molar refractivity (Wildman–Crippen MR) is 135 cm³/mol. The fraction of sp³-hybridized carbons (Fsp3) is 0.346. The minimum absolute atomic E-state index is 0.143. The fourth-order valence-corrected chi connectivity index (χ4v) is 4.24. The third-order valence-electron chi connectivity index (χ3n) is 5.49. The zero-order valence-corrected chi connectivity index (χ0v) is 21.3. The average Bonchev–Trinajstić information content (AvgIpc) is 2.83. The lowest BCUT2D eigenvalue weighted by molar-refractivity contribution is -0.122. The number of amides is 4. The number of halogens is 2. The maximum atomic E-state index is 13.3. The summed E-state index contributed by atoms with van der Waals surface area (Å²) in [6.07, 6.45) is 8.23. The van der Waals surface area contributed by atoms with Gasteiger partial charge in [-0.2, -0.15) is 0 Å². The number of nitrogens with one attached hydrogen (secondary N) is 1. The Labute approximate surface area is 212 Å². The minimum atomic E-state index is -0.902. The van der Waals surface area contributed by atoms with Gasteiger partial charge in [0.1, 0.15) is 11.4 Å². The summed E-state index contributed by atoms with van der Waals surface area (Å²) in [6.45, 7) is 2.72. The van der Waals surface area contributed by atoms with Crippen molar-refractivity contribution in [1.82, 2.24) is 5.32 Å². The van der Waals surface area contributed by atoms with Crippen molar-refractivity contribution in [2.24, 2.45) is 0 Å². The van der Waals surface area contributed by atoms with Crippen LogP contribution in [0.2, 0.25) is 0 Å². The first-order valence-corrected chi connectivity index (χ1v) is 12.3. The van der Waals surface area contributed by atoms with Crippen LogP contribution in [-0.2, 0) is 9.59 Å². The highest BCUT2D eigenvalue weighted by atomic mass is 79.9. The van der Waals surface area contributed by atoms with Gasteiger partial charge in [0.25, 0.3) is 11.8 Å². The molecule has 1 saturated heterocycles. The fourth-order valence-electron chi connectivity index (χ4n) is 3.67. The number of hydrogen-bond donors (Lipinski definition) is 1. The summed E-state index contributed by atoms with van der Waals surface area (Å²) in [5.74, 6) is -1.18. The van der Waals surface area contributed by atoms with Gasteiger partial charge < -0.3 is 9.47 Å². The van der Waals surface area contributed by atoms with E-state index in [4.69, 9.17) is 9.47 Å². The van der Waals surface area contributed by atoms with Crippen LogP contribution in [-0.4, -0.2) is 31.6 Å². The second-order valence-corrected chi connectivity index (χ2v) is 8.94. The molecule has 0 saturated carbocycles. The standard InChI is InChI=1S/C26H28BrFN2O5/c1-3-4-5-6-7-8-13-35-23-21(27)15-17(16-22(23)34-2)14-20-24(31)29-26(33)30(25(20)32)19-11-9-18(28)10-12-19/h9-12,14-16H,3-8,13H2,1-2H3,(H,29,31,33)/b20-14+. The zero-order valence-electron chi connectivity index (χ0n) is 19.7. The molecule has 1 aliphatic heterocycles. The summed E-state index contributed by atoms with van der Waals surface area (Å²) < 4.78 is 25.3. The average molecular weight is 547 g/mol. The van der Waals surface area contributed by atoms with Crippen LogP contribution < -0.4 is 19.7 Å². The van der Waals surface area contributed by atoms with Gasteiger partial charge in [0.15, 0.2) is 11.5 Å². The molecule has 1 N–H and O–H groups in total. The molecule has 4 amide bonds. The van der Waals surface area contributed by atoms with Crippen molar-refractivity contribution in [3.05, 3.63) is 57.8 Å². The van der Waals surface area contributed by atoms with Crippen LogP contribution in [0.5, 0.6) is 11.5 Å². The molecule has 0 spiro atoms. The highest BCUT2D eigenvalue weighted by molar-refractivity contribution is 9.10. The van der Waals surface area contributed by atoms with Gasteiger partial charge >= 0.3 is 6.03 Å². The highest BCUT2D eigenvalue weighted by Crippen LogP contribution is 2.37. The molecule has 1 heterocycles. The Morgan fingerprint density at radius 2 is 1.71 bits per heavy atom. The Morgan fingerprint density at radius 3 is 2.40 bits per heavy atom. The lowest BCUT2D eigenvalue weighted by Crippen LogP contribution is -2.54. The Hall–Kier alpha value is -3.20. The zero-order chi connectivity index (χ0) is 25.4. The smallest absolute Gasteiger partial charge is 0.335 e. The van der Waals surface area contributed by atoms with Crippen LogP contribution in [0.3, 0.4) is 0 Å². The molecular formula is C26H28BrFN2O5. The monoisotopic (exact) mass is 546 g/mol. The Kier molecular flexibility index (Phi) is 9.42. The van der Waals surface area contributed by atoms with E-state index in [2.05, 4.69) is 28.2 Å². The van der Waals surface area contributed by atoms with E-state index < -0.39 is 23.7 Å². The number of ether oxygens (including phenoxy) is 2. The molecule has 3 rings (SSSR count). The summed E-state index contributed by atoms with van der Waals surface area (Å²) in [4.78, 5) is 38.6. The first-order chi connectivity index (χ1) is 16.8. The van der Waals surface area contributed by atoms with E-state index in [1.54, 1.807) is 12.1 Å². The van der Waals surface area contributed by atoms with E-state index in [-0.39, 0.29) is 11.3 Å². The summed E-state index contributed by atoms with van der Waals surface area (Å²) in [5.41, 5.74) is 0.390. The molecule has 2 aromatic carbocycles. The molecule has 0 aliphatic carbocycles. The van der Waals surface area contributed by atoms with Crippen LogP contribution >= 0.6 is 15.9 Å². The van der Waals surface area contributed by atoms with Crippen molar-refractivity contribution in [2.75, 3.05) is 18.6 Å². The third-order valence-corrected chi connectivity index (χ3v) is 6.08. The molecule has 1 fully saturated rings. The summed E-state index contributed by atoms with van der Waals surface area (Å²) >= 11 is 3.48. The lowest BCUT2D eigenvalue weighted by atomic mass is 10.1. The summed E-state index contributed by atoms with van der Waals surface area (Å²) in [5, 5.41) is 2.15. The number of anilines is 1. The molecule has 0 aromatic heterocycles. The van der Waals surface area contributed by atoms with Gasteiger partial charge in [0.2, 0.25) is 0 Å². The van der Waals surface area contributed by atoms with Gasteiger partial charge in [-0.15, -0.1) is 0 Å². The Bertz CT molecular complexity index is 1120. The SMILES string of the molecule is CCCCCCCCOc1c(Br)cc(/C=C2\C(=O)NC(=O)N(c3ccc(F)cc3)C2=O)cc1OC. The quantitative estimate of drug-likeness (QED) is 0.212. The maximum absolute atomic E-state index is 13.3. The van der Waals surface area contributed by atoms with Crippen LogP contribution in [0.25, 0.3) is 6.08 Å². The van der Waals surface area contributed by atoms with Crippen LogP contribution in [0.4, 0.5) is 14.9 Å². The topological polar surface area (TPSA) is 84.9 Å². The van der Waals surface area contributed by atoms with Gasteiger partial charge in [0, 0.05) is 0 Å². The molecule has 2 aromatic rings. The summed E-state index contributed by atoms with van der Waals surface area (Å²) in [7, 11) is 1.50. The number of benzene rings is 2. The van der Waals surface area contributed by atoms with Gasteiger partial charge in [0.05, 0.1) is 23.9 Å². The second-order valence-electron chi connectivity index (χ2n) is 8.08. The van der Waals surface area contributed by atoms with Gasteiger partial charge in [-0.1, -0.05) is 39.0 Å². The van der Waals surface area contributed by atoms with Gasteiger partial charge in [-0.05, 0) is 70.4 Å². The molecule has 0 unspecified atom stereocenters. The normalized spacial score (nSPS) is 14.9. The summed E-state index contributed by atoms with van der Waals surface area (Å²) in [6, 6.07) is 7.27. The minimum Gasteiger partial charge on any atom is -0.493 e. The van der Waals surface area contributed by atoms with Crippen LogP contribution in [0, 0.1) is 5.82 Å². The number of hydrogen-bond acceptors (Lipinski definition) is 5. The van der Waals surface area contributed by atoms with Crippen molar-refractivity contribution >= 4 is 45.5 Å². The van der Waals surface area contributed by atoms with E-state index >= 15 is 0 Å². The lowest BCUT2D eigenvalue weighted by Gasteiger charge is -2.26. The van der Waals surface area contributed by atoms with Gasteiger partial charge in [-0.25, -0.2) is 14.1 Å². The largest absolute Gasteiger partial charge is 0.493 e. The number of methoxy groups -OCH3 is 1. The number of carbonyl (C=O) groups excluding carboxylic acids is 3. The molecule has 1 aliphatic rings. The number of carbonyl (C=O) groups is 3. The molecule has 7 nitrogen and oxygen atoms in total. The van der Waals surface area contributed by atoms with E-state index in [0.29, 0.717) is 28.1 Å².